The summed E-state index contributed by atoms with van der Waals surface area (Å²) in [5.41, 5.74) is 0.121. The molecule has 11 heavy (non-hydrogen) atoms. The minimum absolute atomic E-state index is 0.0558. The van der Waals surface area contributed by atoms with Gasteiger partial charge in [-0.2, -0.15) is 0 Å². The lowest BCUT2D eigenvalue weighted by molar-refractivity contribution is 0.101. The second kappa shape index (κ2) is 2.44. The summed E-state index contributed by atoms with van der Waals surface area (Å²) < 4.78 is 0.0558. The van der Waals surface area contributed by atoms with Crippen molar-refractivity contribution in [2.45, 2.75) is 50.7 Å². The van der Waals surface area contributed by atoms with Gasteiger partial charge < -0.3 is 0 Å². The first kappa shape index (κ1) is 9.49. The van der Waals surface area contributed by atoms with Crippen LogP contribution in [0, 0.1) is 0 Å². The van der Waals surface area contributed by atoms with Gasteiger partial charge in [0.25, 0.3) is 0 Å². The van der Waals surface area contributed by atoms with E-state index in [0.29, 0.717) is 0 Å². The number of hydrogen-bond donors (Lipinski definition) is 0. The second-order valence-electron chi connectivity index (χ2n) is 4.52. The second-order valence-corrected chi connectivity index (χ2v) is 6.56. The first-order valence-electron chi connectivity index (χ1n) is 3.88. The Morgan fingerprint density at radius 2 is 1.64 bits per heavy atom. The standard InChI is InChI=1S/C8H16BrNO/c1-7(2,3)10-6(11-10)8(4,5)9/h6H,1-5H3. The molecule has 1 saturated heterocycles. The highest BCUT2D eigenvalue weighted by Gasteiger charge is 2.52. The van der Waals surface area contributed by atoms with Crippen LogP contribution in [0.15, 0.2) is 0 Å². The highest BCUT2D eigenvalue weighted by atomic mass is 79.9. The Morgan fingerprint density at radius 1 is 1.18 bits per heavy atom. The summed E-state index contributed by atoms with van der Waals surface area (Å²) in [6.07, 6.45) is 0.225. The maximum Gasteiger partial charge on any atom is 0.169 e. The molecule has 0 radical (unpaired) electrons. The van der Waals surface area contributed by atoms with E-state index in [2.05, 4.69) is 50.5 Å². The third kappa shape index (κ3) is 2.17. The van der Waals surface area contributed by atoms with Gasteiger partial charge in [0.05, 0.1) is 4.32 Å². The molecule has 1 rings (SSSR count). The van der Waals surface area contributed by atoms with Crippen LogP contribution < -0.4 is 0 Å². The smallest absolute Gasteiger partial charge is 0.169 e. The molecule has 0 spiro atoms. The summed E-state index contributed by atoms with van der Waals surface area (Å²) in [6.45, 7) is 10.7. The Morgan fingerprint density at radius 3 is 1.73 bits per heavy atom. The molecular formula is C8H16BrNO. The van der Waals surface area contributed by atoms with Gasteiger partial charge in [-0.1, -0.05) is 15.9 Å². The quantitative estimate of drug-likeness (QED) is 0.500. The highest BCUT2D eigenvalue weighted by molar-refractivity contribution is 9.10. The first-order valence-corrected chi connectivity index (χ1v) is 4.67. The normalized spacial score (nSPS) is 32.2. The van der Waals surface area contributed by atoms with Gasteiger partial charge in [-0.05, 0) is 34.6 Å². The Kier molecular flexibility index (Phi) is 2.11. The van der Waals surface area contributed by atoms with Gasteiger partial charge in [0.15, 0.2) is 6.23 Å². The molecule has 2 nitrogen and oxygen atoms in total. The Labute approximate surface area is 77.0 Å². The molecule has 0 aliphatic carbocycles. The predicted octanol–water partition coefficient (Wildman–Crippen LogP) is 2.53. The number of hydroxylamine groups is 2. The zero-order valence-corrected chi connectivity index (χ0v) is 9.40. The van der Waals surface area contributed by atoms with Crippen LogP contribution in [0.2, 0.25) is 0 Å². The SMILES string of the molecule is CC(C)(Br)C1ON1C(C)(C)C. The third-order valence-corrected chi connectivity index (χ3v) is 2.02. The molecule has 0 N–H and O–H groups in total. The van der Waals surface area contributed by atoms with Gasteiger partial charge in [0.2, 0.25) is 0 Å². The summed E-state index contributed by atoms with van der Waals surface area (Å²) in [6, 6.07) is 0. The molecule has 0 aromatic heterocycles. The zero-order chi connectivity index (χ0) is 8.86. The van der Waals surface area contributed by atoms with E-state index in [4.69, 9.17) is 4.84 Å². The van der Waals surface area contributed by atoms with E-state index >= 15 is 0 Å². The molecule has 3 heteroatoms. The van der Waals surface area contributed by atoms with E-state index in [1.165, 1.54) is 0 Å². The van der Waals surface area contributed by atoms with E-state index in [-0.39, 0.29) is 16.1 Å². The van der Waals surface area contributed by atoms with Crippen LogP contribution >= 0.6 is 15.9 Å². The molecule has 0 saturated carbocycles. The summed E-state index contributed by atoms with van der Waals surface area (Å²) in [4.78, 5) is 5.43. The lowest BCUT2D eigenvalue weighted by Crippen LogP contribution is -2.32. The van der Waals surface area contributed by atoms with Crippen LogP contribution in [0.25, 0.3) is 0 Å². The van der Waals surface area contributed by atoms with Gasteiger partial charge in [-0.15, -0.1) is 5.06 Å². The average molecular weight is 222 g/mol. The lowest BCUT2D eigenvalue weighted by Gasteiger charge is -2.19. The summed E-state index contributed by atoms with van der Waals surface area (Å²) >= 11 is 3.57. The zero-order valence-electron chi connectivity index (χ0n) is 7.81. The van der Waals surface area contributed by atoms with Crippen LogP contribution in [-0.2, 0) is 4.84 Å². The van der Waals surface area contributed by atoms with Crippen molar-refractivity contribution in [1.82, 2.24) is 5.06 Å². The Hall–Kier alpha value is 0.400. The van der Waals surface area contributed by atoms with Gasteiger partial charge >= 0.3 is 0 Å². The number of halogens is 1. The van der Waals surface area contributed by atoms with E-state index in [1.54, 1.807) is 0 Å². The maximum atomic E-state index is 5.43. The van der Waals surface area contributed by atoms with Gasteiger partial charge in [-0.3, -0.25) is 4.84 Å². The molecule has 2 unspecified atom stereocenters. The fourth-order valence-electron chi connectivity index (χ4n) is 0.994. The van der Waals surface area contributed by atoms with Crippen LogP contribution in [-0.4, -0.2) is 21.2 Å². The molecule has 0 aromatic rings. The molecule has 0 amide bonds. The van der Waals surface area contributed by atoms with E-state index < -0.39 is 0 Å². The van der Waals surface area contributed by atoms with Gasteiger partial charge in [-0.25, -0.2) is 0 Å². The molecular weight excluding hydrogens is 206 g/mol. The fourth-order valence-corrected chi connectivity index (χ4v) is 1.26. The average Bonchev–Trinajstić information content (AvgIpc) is 2.30. The third-order valence-electron chi connectivity index (χ3n) is 1.63. The maximum absolute atomic E-state index is 5.43. The van der Waals surface area contributed by atoms with Crippen LogP contribution in [0.1, 0.15) is 34.6 Å². The van der Waals surface area contributed by atoms with E-state index in [9.17, 15) is 0 Å². The van der Waals surface area contributed by atoms with Crippen molar-refractivity contribution < 1.29 is 4.84 Å². The minimum Gasteiger partial charge on any atom is -0.273 e. The molecule has 2 atom stereocenters. The highest BCUT2D eigenvalue weighted by Crippen LogP contribution is 2.41. The van der Waals surface area contributed by atoms with Crippen molar-refractivity contribution in [1.29, 1.82) is 0 Å². The first-order chi connectivity index (χ1) is 4.73. The summed E-state index contributed by atoms with van der Waals surface area (Å²) in [5.74, 6) is 0. The predicted molar refractivity (Wildman–Crippen MR) is 49.5 cm³/mol. The topological polar surface area (TPSA) is 15.5 Å². The molecule has 1 aliphatic heterocycles. The molecule has 0 bridgehead atoms. The fraction of sp³-hybridized carbons (Fsp3) is 1.00. The summed E-state index contributed by atoms with van der Waals surface area (Å²) in [5, 5.41) is 2.02. The number of nitrogens with zero attached hydrogens (tertiary/aromatic N) is 1. The van der Waals surface area contributed by atoms with Crippen LogP contribution in [0.5, 0.6) is 0 Å². The Balaban J connectivity index is 2.51. The molecule has 1 fully saturated rings. The van der Waals surface area contributed by atoms with E-state index in [1.807, 2.05) is 5.06 Å². The van der Waals surface area contributed by atoms with Crippen LogP contribution in [0.4, 0.5) is 0 Å². The summed E-state index contributed by atoms with van der Waals surface area (Å²) in [7, 11) is 0. The minimum atomic E-state index is 0.0558. The van der Waals surface area contributed by atoms with Crippen molar-refractivity contribution in [2.75, 3.05) is 0 Å². The Bertz CT molecular complexity index is 138. The number of alkyl halides is 1. The number of rotatable bonds is 1. The molecule has 66 valence electrons. The van der Waals surface area contributed by atoms with Gasteiger partial charge in [0, 0.05) is 5.54 Å². The van der Waals surface area contributed by atoms with Crippen LogP contribution in [0.3, 0.4) is 0 Å². The lowest BCUT2D eigenvalue weighted by atomic mass is 10.1. The monoisotopic (exact) mass is 221 g/mol. The van der Waals surface area contributed by atoms with Crippen molar-refractivity contribution >= 4 is 15.9 Å². The van der Waals surface area contributed by atoms with Crippen molar-refractivity contribution in [3.63, 3.8) is 0 Å². The molecule has 1 aliphatic rings. The number of hydrogen-bond acceptors (Lipinski definition) is 2. The van der Waals surface area contributed by atoms with Gasteiger partial charge in [0.1, 0.15) is 0 Å². The van der Waals surface area contributed by atoms with Crippen molar-refractivity contribution in [2.24, 2.45) is 0 Å². The largest absolute Gasteiger partial charge is 0.273 e. The molecule has 1 heterocycles. The molecule has 0 aromatic carbocycles. The van der Waals surface area contributed by atoms with Crippen molar-refractivity contribution in [3.05, 3.63) is 0 Å². The van der Waals surface area contributed by atoms with E-state index in [0.717, 1.165) is 0 Å². The van der Waals surface area contributed by atoms with Crippen molar-refractivity contribution in [3.8, 4) is 0 Å².